The number of alkyl halides is 3. The van der Waals surface area contributed by atoms with Crippen molar-refractivity contribution in [2.45, 2.75) is 19.6 Å². The number of carbonyl (C=O) groups excluding carboxylic acids is 1. The Kier molecular flexibility index (Phi) is 9.54. The Morgan fingerprint density at radius 1 is 1.07 bits per heavy atom. The monoisotopic (exact) mass is 632 g/mol. The van der Waals surface area contributed by atoms with Crippen LogP contribution in [0.3, 0.4) is 0 Å². The van der Waals surface area contributed by atoms with Gasteiger partial charge in [-0.15, -0.1) is 0 Å². The lowest BCUT2D eigenvalue weighted by atomic mass is 10.0. The minimum atomic E-state index is -4.59. The van der Waals surface area contributed by atoms with Gasteiger partial charge in [0.15, 0.2) is 11.7 Å². The topological polar surface area (TPSA) is 131 Å². The first kappa shape index (κ1) is 32.4. The van der Waals surface area contributed by atoms with Crippen molar-refractivity contribution in [2.24, 2.45) is 9.98 Å². The molecule has 0 spiro atoms. The molecule has 0 unspecified atom stereocenters. The lowest BCUT2D eigenvalue weighted by Crippen LogP contribution is -2.44. The van der Waals surface area contributed by atoms with Gasteiger partial charge in [0.05, 0.1) is 11.1 Å². The Morgan fingerprint density at radius 3 is 2.52 bits per heavy atom. The molecule has 3 aromatic carbocycles. The first-order chi connectivity index (χ1) is 21.9. The van der Waals surface area contributed by atoms with E-state index in [1.165, 1.54) is 24.4 Å². The second-order valence-electron chi connectivity index (χ2n) is 11.2. The molecule has 0 aromatic heterocycles. The Labute approximate surface area is 265 Å². The summed E-state index contributed by atoms with van der Waals surface area (Å²) in [5.41, 5.74) is 7.47. The van der Waals surface area contributed by atoms with E-state index in [-0.39, 0.29) is 52.3 Å². The predicted octanol–water partition coefficient (Wildman–Crippen LogP) is 4.91. The molecule has 46 heavy (non-hydrogen) atoms. The number of amides is 1. The Balaban J connectivity index is 1.38. The van der Waals surface area contributed by atoms with Crippen molar-refractivity contribution in [3.8, 4) is 5.75 Å². The summed E-state index contributed by atoms with van der Waals surface area (Å²) in [6.45, 7) is 4.82. The molecule has 1 fully saturated rings. The van der Waals surface area contributed by atoms with Gasteiger partial charge in [0.1, 0.15) is 5.75 Å². The van der Waals surface area contributed by atoms with Gasteiger partial charge in [-0.25, -0.2) is 4.99 Å². The molecule has 13 heteroatoms. The Hall–Kier alpha value is -5.01. The lowest BCUT2D eigenvalue weighted by Gasteiger charge is -2.33. The SMILES string of the molecule is CN/C=C1\C(=N)N=C(c2cccc(N)c2)N=C1Oc1ccc(C)c(C(=O)Nc2ccc(CN3CCN(C)CC3)c(C(F)(F)F)c2)c1. The van der Waals surface area contributed by atoms with Gasteiger partial charge in [-0.3, -0.25) is 15.1 Å². The molecule has 5 N–H and O–H groups in total. The number of hydrogen-bond acceptors (Lipinski definition) is 8. The number of benzene rings is 3. The van der Waals surface area contributed by atoms with E-state index in [0.29, 0.717) is 29.9 Å². The number of carbonyl (C=O) groups is 1. The van der Waals surface area contributed by atoms with Gasteiger partial charge in [-0.05, 0) is 61.5 Å². The van der Waals surface area contributed by atoms with E-state index in [1.807, 2.05) is 11.9 Å². The van der Waals surface area contributed by atoms with Gasteiger partial charge in [-0.1, -0.05) is 24.3 Å². The largest absolute Gasteiger partial charge is 0.438 e. The van der Waals surface area contributed by atoms with E-state index in [4.69, 9.17) is 15.9 Å². The van der Waals surface area contributed by atoms with Crippen molar-refractivity contribution < 1.29 is 22.7 Å². The summed E-state index contributed by atoms with van der Waals surface area (Å²) in [7, 11) is 3.65. The van der Waals surface area contributed by atoms with Crippen LogP contribution < -0.4 is 21.1 Å². The van der Waals surface area contributed by atoms with Crippen molar-refractivity contribution >= 4 is 34.9 Å². The smallest absolute Gasteiger partial charge is 0.416 e. The van der Waals surface area contributed by atoms with Gasteiger partial charge < -0.3 is 26.0 Å². The number of nitrogens with zero attached hydrogens (tertiary/aromatic N) is 4. The molecule has 1 saturated heterocycles. The second kappa shape index (κ2) is 13.5. The predicted molar refractivity (Wildman–Crippen MR) is 174 cm³/mol. The molecular formula is C33H35F3N8O2. The second-order valence-corrected chi connectivity index (χ2v) is 11.2. The molecule has 10 nitrogen and oxygen atoms in total. The maximum absolute atomic E-state index is 14.1. The highest BCUT2D eigenvalue weighted by atomic mass is 19.4. The van der Waals surface area contributed by atoms with Crippen molar-refractivity contribution in [3.63, 3.8) is 0 Å². The van der Waals surface area contributed by atoms with Crippen LogP contribution in [0.1, 0.15) is 32.6 Å². The van der Waals surface area contributed by atoms with E-state index in [9.17, 15) is 18.0 Å². The van der Waals surface area contributed by atoms with Crippen molar-refractivity contribution in [1.29, 1.82) is 5.41 Å². The number of aliphatic imine (C=N–C) groups is 2. The van der Waals surface area contributed by atoms with Crippen molar-refractivity contribution in [2.75, 3.05) is 51.3 Å². The lowest BCUT2D eigenvalue weighted by molar-refractivity contribution is -0.138. The van der Waals surface area contributed by atoms with Gasteiger partial charge in [0.25, 0.3) is 5.91 Å². The number of piperazine rings is 1. The molecule has 2 aliphatic rings. The number of anilines is 2. The molecule has 2 heterocycles. The fourth-order valence-corrected chi connectivity index (χ4v) is 5.13. The molecule has 240 valence electrons. The van der Waals surface area contributed by atoms with Crippen LogP contribution >= 0.6 is 0 Å². The van der Waals surface area contributed by atoms with E-state index >= 15 is 0 Å². The minimum Gasteiger partial charge on any atom is -0.438 e. The van der Waals surface area contributed by atoms with Crippen LogP contribution in [0.2, 0.25) is 0 Å². The molecule has 3 aromatic rings. The number of halogens is 3. The number of rotatable bonds is 7. The highest BCUT2D eigenvalue weighted by Gasteiger charge is 2.34. The molecular weight excluding hydrogens is 597 g/mol. The van der Waals surface area contributed by atoms with Crippen LogP contribution in [-0.4, -0.2) is 73.6 Å². The number of nitrogens with two attached hydrogens (primary N) is 1. The number of likely N-dealkylation sites (N-methyl/N-ethyl adjacent to an activating group) is 1. The number of nitrogens with one attached hydrogen (secondary N) is 3. The minimum absolute atomic E-state index is 0.0255. The zero-order valence-electron chi connectivity index (χ0n) is 25.7. The molecule has 0 bridgehead atoms. The summed E-state index contributed by atoms with van der Waals surface area (Å²) in [6.07, 6.45) is -3.07. The third kappa shape index (κ3) is 7.61. The molecule has 1 amide bonds. The summed E-state index contributed by atoms with van der Waals surface area (Å²) < 4.78 is 48.4. The number of ether oxygens (including phenoxy) is 1. The zero-order chi connectivity index (χ0) is 33.0. The van der Waals surface area contributed by atoms with Gasteiger partial charge in [0.2, 0.25) is 5.90 Å². The van der Waals surface area contributed by atoms with E-state index in [1.54, 1.807) is 50.4 Å². The number of hydrogen-bond donors (Lipinski definition) is 4. The molecule has 5 rings (SSSR count). The summed E-state index contributed by atoms with van der Waals surface area (Å²) in [6, 6.07) is 15.6. The summed E-state index contributed by atoms with van der Waals surface area (Å²) >= 11 is 0. The first-order valence-corrected chi connectivity index (χ1v) is 14.6. The number of aryl methyl sites for hydroxylation is 1. The third-order valence-electron chi connectivity index (χ3n) is 7.68. The third-order valence-corrected chi connectivity index (χ3v) is 7.68. The average molecular weight is 633 g/mol. The van der Waals surface area contributed by atoms with Crippen molar-refractivity contribution in [3.05, 3.63) is 100 Å². The number of amidine groups is 2. The summed E-state index contributed by atoms with van der Waals surface area (Å²) in [5, 5.41) is 13.9. The van der Waals surface area contributed by atoms with Crippen LogP contribution in [0.15, 0.2) is 82.4 Å². The number of nitrogen functional groups attached to an aromatic ring is 1. The summed E-state index contributed by atoms with van der Waals surface area (Å²) in [5.74, 6) is -0.181. The Bertz CT molecular complexity index is 1740. The normalized spacial score (nSPS) is 17.0. The van der Waals surface area contributed by atoms with Crippen LogP contribution in [0, 0.1) is 12.3 Å². The fourth-order valence-electron chi connectivity index (χ4n) is 5.13. The van der Waals surface area contributed by atoms with Crippen molar-refractivity contribution in [1.82, 2.24) is 15.1 Å². The molecule has 0 aliphatic carbocycles. The maximum Gasteiger partial charge on any atom is 0.416 e. The summed E-state index contributed by atoms with van der Waals surface area (Å²) in [4.78, 5) is 26.3. The van der Waals surface area contributed by atoms with Gasteiger partial charge >= 0.3 is 6.18 Å². The van der Waals surface area contributed by atoms with Crippen LogP contribution in [-0.2, 0) is 12.7 Å². The zero-order valence-corrected chi connectivity index (χ0v) is 25.7. The van der Waals surface area contributed by atoms with Gasteiger partial charge in [-0.2, -0.15) is 18.2 Å². The first-order valence-electron chi connectivity index (χ1n) is 14.6. The van der Waals surface area contributed by atoms with E-state index < -0.39 is 17.6 Å². The average Bonchev–Trinajstić information content (AvgIpc) is 3.01. The van der Waals surface area contributed by atoms with Crippen LogP contribution in [0.4, 0.5) is 24.5 Å². The maximum atomic E-state index is 14.1. The quantitative estimate of drug-likeness (QED) is 0.274. The van der Waals surface area contributed by atoms with E-state index in [2.05, 4.69) is 25.5 Å². The van der Waals surface area contributed by atoms with Crippen LogP contribution in [0.5, 0.6) is 5.75 Å². The molecule has 0 atom stereocenters. The van der Waals surface area contributed by atoms with Gasteiger partial charge in [0, 0.05) is 68.5 Å². The fraction of sp³-hybridized carbons (Fsp3) is 0.273. The van der Waals surface area contributed by atoms with E-state index in [0.717, 1.165) is 19.2 Å². The highest BCUT2D eigenvalue weighted by Crippen LogP contribution is 2.35. The molecule has 0 saturated carbocycles. The molecule has 2 aliphatic heterocycles. The standard InChI is InChI=1S/C33H35F3N8O2/c1-20-7-10-25(46-32-27(18-39-2)29(38)41-30(42-32)21-5-4-6-23(37)15-21)17-26(20)31(45)40-24-9-8-22(28(16-24)33(34,35)36)19-44-13-11-43(3)12-14-44/h4-10,15-18,38-39H,11-14,19,37H2,1-3H3,(H,40,45)/b27-18+,38-29?. The Morgan fingerprint density at radius 2 is 1.83 bits per heavy atom. The molecule has 0 radical (unpaired) electrons. The van der Waals surface area contributed by atoms with Crippen LogP contribution in [0.25, 0.3) is 0 Å². The highest BCUT2D eigenvalue weighted by molar-refractivity contribution is 6.30.